The van der Waals surface area contributed by atoms with Crippen molar-refractivity contribution in [2.24, 2.45) is 0 Å². The number of hydrogen-bond acceptors (Lipinski definition) is 3. The van der Waals surface area contributed by atoms with Crippen LogP contribution in [0.1, 0.15) is 41.3 Å². The standard InChI is InChI=1S/C15H16Cl2N4O/c16-10-5-6-12(17)11(8-10)15(22)18-9-14-20-19-13-4-2-1-3-7-21(13)14/h5-6,8H,1-4,7,9H2,(H,18,22). The molecule has 1 aliphatic rings. The van der Waals surface area contributed by atoms with Crippen LogP contribution in [0.3, 0.4) is 0 Å². The van der Waals surface area contributed by atoms with Crippen LogP contribution in [0.2, 0.25) is 10.0 Å². The molecule has 0 saturated heterocycles. The van der Waals surface area contributed by atoms with E-state index in [4.69, 9.17) is 23.2 Å². The van der Waals surface area contributed by atoms with Crippen molar-refractivity contribution < 1.29 is 4.79 Å². The van der Waals surface area contributed by atoms with Crippen LogP contribution in [-0.4, -0.2) is 20.7 Å². The second-order valence-electron chi connectivity index (χ2n) is 5.30. The number of fused-ring (bicyclic) bond motifs is 1. The smallest absolute Gasteiger partial charge is 0.253 e. The number of amides is 1. The number of benzene rings is 1. The zero-order valence-corrected chi connectivity index (χ0v) is 13.5. The molecule has 0 aliphatic carbocycles. The lowest BCUT2D eigenvalue weighted by Crippen LogP contribution is -2.25. The van der Waals surface area contributed by atoms with Crippen LogP contribution in [0.15, 0.2) is 18.2 Å². The van der Waals surface area contributed by atoms with Gasteiger partial charge in [0, 0.05) is 18.0 Å². The fraction of sp³-hybridized carbons (Fsp3) is 0.400. The van der Waals surface area contributed by atoms with Crippen LogP contribution in [-0.2, 0) is 19.5 Å². The molecular weight excluding hydrogens is 323 g/mol. The molecule has 0 saturated carbocycles. The molecule has 5 nitrogen and oxygen atoms in total. The van der Waals surface area contributed by atoms with E-state index in [0.29, 0.717) is 22.2 Å². The topological polar surface area (TPSA) is 59.8 Å². The van der Waals surface area contributed by atoms with E-state index in [1.165, 1.54) is 6.42 Å². The first-order valence-electron chi connectivity index (χ1n) is 7.29. The van der Waals surface area contributed by atoms with E-state index < -0.39 is 0 Å². The van der Waals surface area contributed by atoms with Gasteiger partial charge in [-0.15, -0.1) is 10.2 Å². The lowest BCUT2D eigenvalue weighted by molar-refractivity contribution is 0.0949. The maximum absolute atomic E-state index is 12.2. The second-order valence-corrected chi connectivity index (χ2v) is 6.15. The highest BCUT2D eigenvalue weighted by Gasteiger charge is 2.16. The predicted molar refractivity (Wildman–Crippen MR) is 85.2 cm³/mol. The van der Waals surface area contributed by atoms with Crippen LogP contribution in [0.5, 0.6) is 0 Å². The first-order valence-corrected chi connectivity index (χ1v) is 8.05. The highest BCUT2D eigenvalue weighted by atomic mass is 35.5. The summed E-state index contributed by atoms with van der Waals surface area (Å²) in [6.07, 6.45) is 4.41. The zero-order valence-electron chi connectivity index (χ0n) is 12.0. The highest BCUT2D eigenvalue weighted by molar-refractivity contribution is 6.35. The van der Waals surface area contributed by atoms with Gasteiger partial charge in [-0.05, 0) is 31.0 Å². The summed E-state index contributed by atoms with van der Waals surface area (Å²) in [6.45, 7) is 1.24. The molecule has 116 valence electrons. The molecule has 3 rings (SSSR count). The van der Waals surface area contributed by atoms with Crippen molar-refractivity contribution in [1.82, 2.24) is 20.1 Å². The molecule has 2 heterocycles. The number of halogens is 2. The maximum atomic E-state index is 12.2. The van der Waals surface area contributed by atoms with Gasteiger partial charge in [-0.25, -0.2) is 0 Å². The van der Waals surface area contributed by atoms with Gasteiger partial charge in [-0.2, -0.15) is 0 Å². The van der Waals surface area contributed by atoms with Gasteiger partial charge in [0.2, 0.25) is 0 Å². The Hall–Kier alpha value is -1.59. The first-order chi connectivity index (χ1) is 10.6. The molecule has 0 spiro atoms. The Labute approximate surface area is 138 Å². The van der Waals surface area contributed by atoms with E-state index in [1.807, 2.05) is 0 Å². The molecular formula is C15H16Cl2N4O. The SMILES string of the molecule is O=C(NCc1nnc2n1CCCCC2)c1cc(Cl)ccc1Cl. The molecule has 1 N–H and O–H groups in total. The van der Waals surface area contributed by atoms with Crippen LogP contribution in [0, 0.1) is 0 Å². The summed E-state index contributed by atoms with van der Waals surface area (Å²) in [5.74, 6) is 1.52. The molecule has 2 aromatic rings. The number of carbonyl (C=O) groups is 1. The van der Waals surface area contributed by atoms with Gasteiger partial charge in [-0.3, -0.25) is 4.79 Å². The van der Waals surface area contributed by atoms with Crippen LogP contribution in [0.4, 0.5) is 0 Å². The highest BCUT2D eigenvalue weighted by Crippen LogP contribution is 2.20. The van der Waals surface area contributed by atoms with Crippen molar-refractivity contribution in [3.8, 4) is 0 Å². The van der Waals surface area contributed by atoms with Crippen LogP contribution < -0.4 is 5.32 Å². The fourth-order valence-electron chi connectivity index (χ4n) is 2.60. The Bertz CT molecular complexity index is 699. The third-order valence-corrected chi connectivity index (χ3v) is 4.33. The van der Waals surface area contributed by atoms with Gasteiger partial charge >= 0.3 is 0 Å². The van der Waals surface area contributed by atoms with E-state index in [9.17, 15) is 4.79 Å². The second kappa shape index (κ2) is 6.67. The summed E-state index contributed by atoms with van der Waals surface area (Å²) >= 11 is 11.9. The van der Waals surface area contributed by atoms with Gasteiger partial charge in [0.1, 0.15) is 5.82 Å². The van der Waals surface area contributed by atoms with E-state index in [0.717, 1.165) is 37.5 Å². The van der Waals surface area contributed by atoms with Gasteiger partial charge in [0.25, 0.3) is 5.91 Å². The number of aryl methyl sites for hydroxylation is 1. The van der Waals surface area contributed by atoms with Gasteiger partial charge in [0.15, 0.2) is 5.82 Å². The number of rotatable bonds is 3. The van der Waals surface area contributed by atoms with Crippen LogP contribution >= 0.6 is 23.2 Å². The Kier molecular flexibility index (Phi) is 4.64. The van der Waals surface area contributed by atoms with Crippen LogP contribution in [0.25, 0.3) is 0 Å². The average Bonchev–Trinajstić information content (AvgIpc) is 2.74. The summed E-state index contributed by atoms with van der Waals surface area (Å²) in [7, 11) is 0. The summed E-state index contributed by atoms with van der Waals surface area (Å²) in [5.41, 5.74) is 0.366. The number of carbonyl (C=O) groups excluding carboxylic acids is 1. The van der Waals surface area contributed by atoms with E-state index in [1.54, 1.807) is 18.2 Å². The maximum Gasteiger partial charge on any atom is 0.253 e. The molecule has 0 radical (unpaired) electrons. The number of aromatic nitrogens is 3. The molecule has 0 bridgehead atoms. The lowest BCUT2D eigenvalue weighted by Gasteiger charge is -2.09. The lowest BCUT2D eigenvalue weighted by atomic mass is 10.2. The average molecular weight is 339 g/mol. The van der Waals surface area contributed by atoms with Gasteiger partial charge < -0.3 is 9.88 Å². The van der Waals surface area contributed by atoms with Crippen molar-refractivity contribution in [2.75, 3.05) is 0 Å². The minimum Gasteiger partial charge on any atom is -0.345 e. The molecule has 1 amide bonds. The number of nitrogens with one attached hydrogen (secondary N) is 1. The quantitative estimate of drug-likeness (QED) is 0.934. The summed E-state index contributed by atoms with van der Waals surface area (Å²) < 4.78 is 2.10. The third kappa shape index (κ3) is 3.25. The largest absolute Gasteiger partial charge is 0.345 e. The van der Waals surface area contributed by atoms with E-state index in [2.05, 4.69) is 20.1 Å². The Balaban J connectivity index is 1.71. The molecule has 0 atom stereocenters. The zero-order chi connectivity index (χ0) is 15.5. The minimum absolute atomic E-state index is 0.265. The van der Waals surface area contributed by atoms with Crippen molar-refractivity contribution in [2.45, 2.75) is 38.8 Å². The summed E-state index contributed by atoms with van der Waals surface area (Å²) in [4.78, 5) is 12.2. The summed E-state index contributed by atoms with van der Waals surface area (Å²) in [5, 5.41) is 12.1. The predicted octanol–water partition coefficient (Wildman–Crippen LogP) is 3.24. The molecule has 0 unspecified atom stereocenters. The normalized spacial score (nSPS) is 14.3. The molecule has 22 heavy (non-hydrogen) atoms. The summed E-state index contributed by atoms with van der Waals surface area (Å²) in [6, 6.07) is 4.82. The molecule has 0 fully saturated rings. The van der Waals surface area contributed by atoms with E-state index in [-0.39, 0.29) is 5.91 Å². The van der Waals surface area contributed by atoms with Crippen molar-refractivity contribution in [1.29, 1.82) is 0 Å². The molecule has 1 aliphatic heterocycles. The number of nitrogens with zero attached hydrogens (tertiary/aromatic N) is 3. The van der Waals surface area contributed by atoms with Crippen molar-refractivity contribution >= 4 is 29.1 Å². The Morgan fingerprint density at radius 1 is 1.23 bits per heavy atom. The molecule has 1 aromatic carbocycles. The monoisotopic (exact) mass is 338 g/mol. The van der Waals surface area contributed by atoms with Crippen molar-refractivity contribution in [3.05, 3.63) is 45.5 Å². The Morgan fingerprint density at radius 2 is 2.09 bits per heavy atom. The number of hydrogen-bond donors (Lipinski definition) is 1. The Morgan fingerprint density at radius 3 is 2.95 bits per heavy atom. The first kappa shape index (κ1) is 15.3. The minimum atomic E-state index is -0.265. The van der Waals surface area contributed by atoms with Gasteiger partial charge in [-0.1, -0.05) is 29.6 Å². The third-order valence-electron chi connectivity index (χ3n) is 3.77. The van der Waals surface area contributed by atoms with Gasteiger partial charge in [0.05, 0.1) is 17.1 Å². The van der Waals surface area contributed by atoms with E-state index >= 15 is 0 Å². The molecule has 1 aromatic heterocycles. The fourth-order valence-corrected chi connectivity index (χ4v) is 2.98. The van der Waals surface area contributed by atoms with Crippen molar-refractivity contribution in [3.63, 3.8) is 0 Å². The molecule has 7 heteroatoms.